The van der Waals surface area contributed by atoms with Crippen LogP contribution in [0.15, 0.2) is 58.3 Å². The van der Waals surface area contributed by atoms with Gasteiger partial charge in [0.2, 0.25) is 5.91 Å². The fourth-order valence-corrected chi connectivity index (χ4v) is 3.70. The number of likely N-dealkylation sites (tertiary alicyclic amines) is 1. The van der Waals surface area contributed by atoms with Crippen LogP contribution in [0.3, 0.4) is 0 Å². The van der Waals surface area contributed by atoms with Crippen LogP contribution in [0.4, 0.5) is 0 Å². The number of nitriles is 1. The largest absolute Gasteiger partial charge is 0.452 e. The van der Waals surface area contributed by atoms with Crippen LogP contribution in [-0.4, -0.2) is 35.8 Å². The van der Waals surface area contributed by atoms with Crippen LogP contribution in [-0.2, 0) is 14.3 Å². The summed E-state index contributed by atoms with van der Waals surface area (Å²) in [7, 11) is 0. The van der Waals surface area contributed by atoms with Gasteiger partial charge in [0.05, 0.1) is 11.1 Å². The van der Waals surface area contributed by atoms with Crippen LogP contribution in [0.25, 0.3) is 0 Å². The summed E-state index contributed by atoms with van der Waals surface area (Å²) in [5, 5.41) is 9.22. The summed E-state index contributed by atoms with van der Waals surface area (Å²) >= 11 is 1.28. The summed E-state index contributed by atoms with van der Waals surface area (Å²) in [5.41, 5.74) is 0.809. The van der Waals surface area contributed by atoms with E-state index >= 15 is 0 Å². The van der Waals surface area contributed by atoms with Crippen LogP contribution in [0.2, 0.25) is 0 Å². The van der Waals surface area contributed by atoms with Crippen molar-refractivity contribution >= 4 is 29.5 Å². The number of ether oxygens (including phenoxy) is 1. The SMILES string of the molecule is N#Cc1ccccc1Sc1ccccc1C(=O)OCC(=O)N1CCCC1=O. The first-order valence-corrected chi connectivity index (χ1v) is 9.18. The molecule has 1 aliphatic rings. The maximum Gasteiger partial charge on any atom is 0.339 e. The van der Waals surface area contributed by atoms with E-state index in [0.717, 1.165) is 9.80 Å². The fraction of sp³-hybridized carbons (Fsp3) is 0.200. The van der Waals surface area contributed by atoms with Gasteiger partial charge in [0.1, 0.15) is 6.07 Å². The molecule has 0 aromatic heterocycles. The Hall–Kier alpha value is -3.11. The van der Waals surface area contributed by atoms with Gasteiger partial charge in [0.15, 0.2) is 6.61 Å². The third-order valence-corrected chi connectivity index (χ3v) is 5.19. The van der Waals surface area contributed by atoms with E-state index in [-0.39, 0.29) is 5.91 Å². The average Bonchev–Trinajstić information content (AvgIpc) is 3.12. The molecule has 0 aliphatic carbocycles. The highest BCUT2D eigenvalue weighted by Crippen LogP contribution is 2.32. The molecule has 2 aromatic carbocycles. The van der Waals surface area contributed by atoms with Gasteiger partial charge in [0.25, 0.3) is 5.91 Å². The number of hydrogen-bond donors (Lipinski definition) is 0. The number of nitrogens with zero attached hydrogens (tertiary/aromatic N) is 2. The van der Waals surface area contributed by atoms with Crippen LogP contribution < -0.4 is 0 Å². The van der Waals surface area contributed by atoms with Crippen molar-refractivity contribution in [2.45, 2.75) is 22.6 Å². The highest BCUT2D eigenvalue weighted by atomic mass is 32.2. The predicted octanol–water partition coefficient (Wildman–Crippen LogP) is 3.02. The summed E-state index contributed by atoms with van der Waals surface area (Å²) in [6.45, 7) is -0.106. The molecule has 1 saturated heterocycles. The number of esters is 1. The van der Waals surface area contributed by atoms with E-state index in [1.54, 1.807) is 42.5 Å². The van der Waals surface area contributed by atoms with Crippen LogP contribution in [0.5, 0.6) is 0 Å². The number of carbonyl (C=O) groups excluding carboxylic acids is 3. The monoisotopic (exact) mass is 380 g/mol. The van der Waals surface area contributed by atoms with Crippen molar-refractivity contribution in [3.05, 3.63) is 59.7 Å². The minimum absolute atomic E-state index is 0.236. The molecule has 3 rings (SSSR count). The molecule has 0 atom stereocenters. The topological polar surface area (TPSA) is 87.5 Å². The number of imide groups is 1. The van der Waals surface area contributed by atoms with Gasteiger partial charge in [-0.05, 0) is 30.7 Å². The fourth-order valence-electron chi connectivity index (χ4n) is 2.69. The Morgan fingerprint density at radius 2 is 1.81 bits per heavy atom. The molecule has 1 heterocycles. The lowest BCUT2D eigenvalue weighted by molar-refractivity contribution is -0.143. The van der Waals surface area contributed by atoms with Gasteiger partial charge in [-0.15, -0.1) is 0 Å². The first kappa shape index (κ1) is 18.7. The molecule has 0 saturated carbocycles. The van der Waals surface area contributed by atoms with Crippen molar-refractivity contribution < 1.29 is 19.1 Å². The Balaban J connectivity index is 1.71. The lowest BCUT2D eigenvalue weighted by Crippen LogP contribution is -2.35. The highest BCUT2D eigenvalue weighted by Gasteiger charge is 2.27. The van der Waals surface area contributed by atoms with Crippen molar-refractivity contribution in [2.75, 3.05) is 13.2 Å². The summed E-state index contributed by atoms with van der Waals surface area (Å²) in [6, 6.07) is 16.0. The van der Waals surface area contributed by atoms with Gasteiger partial charge < -0.3 is 4.74 Å². The molecule has 0 radical (unpaired) electrons. The Kier molecular flexibility index (Phi) is 5.89. The summed E-state index contributed by atoms with van der Waals surface area (Å²) in [5.74, 6) is -1.39. The van der Waals surface area contributed by atoms with Gasteiger partial charge in [-0.25, -0.2) is 4.79 Å². The van der Waals surface area contributed by atoms with Gasteiger partial charge in [0, 0.05) is 22.8 Å². The lowest BCUT2D eigenvalue weighted by atomic mass is 10.2. The number of hydrogen-bond acceptors (Lipinski definition) is 6. The van der Waals surface area contributed by atoms with Gasteiger partial charge in [-0.3, -0.25) is 14.5 Å². The third kappa shape index (κ3) is 4.36. The molecule has 2 amide bonds. The maximum absolute atomic E-state index is 12.5. The summed E-state index contributed by atoms with van der Waals surface area (Å²) in [4.78, 5) is 38.5. The zero-order valence-electron chi connectivity index (χ0n) is 14.4. The van der Waals surface area contributed by atoms with Crippen molar-refractivity contribution in [3.8, 4) is 6.07 Å². The molecular formula is C20H16N2O4S. The van der Waals surface area contributed by atoms with E-state index < -0.39 is 18.5 Å². The van der Waals surface area contributed by atoms with Crippen LogP contribution >= 0.6 is 11.8 Å². The molecule has 0 N–H and O–H groups in total. The zero-order valence-corrected chi connectivity index (χ0v) is 15.2. The quantitative estimate of drug-likeness (QED) is 0.741. The van der Waals surface area contributed by atoms with E-state index in [4.69, 9.17) is 4.74 Å². The second kappa shape index (κ2) is 8.52. The molecule has 0 spiro atoms. The van der Waals surface area contributed by atoms with E-state index in [1.165, 1.54) is 11.8 Å². The number of amides is 2. The molecule has 1 aliphatic heterocycles. The van der Waals surface area contributed by atoms with Gasteiger partial charge >= 0.3 is 5.97 Å². The molecule has 6 nitrogen and oxygen atoms in total. The minimum Gasteiger partial charge on any atom is -0.452 e. The first-order valence-electron chi connectivity index (χ1n) is 8.36. The minimum atomic E-state index is -0.646. The van der Waals surface area contributed by atoms with Gasteiger partial charge in [-0.2, -0.15) is 5.26 Å². The Labute approximate surface area is 160 Å². The van der Waals surface area contributed by atoms with Crippen molar-refractivity contribution in [1.82, 2.24) is 4.90 Å². The second-order valence-corrected chi connectivity index (χ2v) is 6.91. The van der Waals surface area contributed by atoms with E-state index in [0.29, 0.717) is 35.4 Å². The second-order valence-electron chi connectivity index (χ2n) is 5.82. The van der Waals surface area contributed by atoms with Crippen LogP contribution in [0.1, 0.15) is 28.8 Å². The van der Waals surface area contributed by atoms with Crippen molar-refractivity contribution in [2.24, 2.45) is 0 Å². The molecule has 1 fully saturated rings. The molecular weight excluding hydrogens is 364 g/mol. The summed E-state index contributed by atoms with van der Waals surface area (Å²) < 4.78 is 5.12. The highest BCUT2D eigenvalue weighted by molar-refractivity contribution is 7.99. The molecule has 0 unspecified atom stereocenters. The van der Waals surface area contributed by atoms with Crippen molar-refractivity contribution in [1.29, 1.82) is 5.26 Å². The van der Waals surface area contributed by atoms with E-state index in [9.17, 15) is 19.6 Å². The third-order valence-electron chi connectivity index (χ3n) is 4.04. The van der Waals surface area contributed by atoms with Crippen molar-refractivity contribution in [3.63, 3.8) is 0 Å². The summed E-state index contributed by atoms with van der Waals surface area (Å²) in [6.07, 6.45) is 0.980. The zero-order chi connectivity index (χ0) is 19.2. The van der Waals surface area contributed by atoms with Crippen LogP contribution in [0, 0.1) is 11.3 Å². The average molecular weight is 380 g/mol. The lowest BCUT2D eigenvalue weighted by Gasteiger charge is -2.14. The molecule has 27 heavy (non-hydrogen) atoms. The van der Waals surface area contributed by atoms with Gasteiger partial charge in [-0.1, -0.05) is 36.0 Å². The molecule has 2 aromatic rings. The normalized spacial score (nSPS) is 13.3. The first-order chi connectivity index (χ1) is 13.1. The number of rotatable bonds is 5. The maximum atomic E-state index is 12.5. The Morgan fingerprint density at radius 1 is 1.11 bits per heavy atom. The number of benzene rings is 2. The smallest absolute Gasteiger partial charge is 0.339 e. The molecule has 136 valence electrons. The van der Waals surface area contributed by atoms with E-state index in [2.05, 4.69) is 6.07 Å². The Morgan fingerprint density at radius 3 is 2.52 bits per heavy atom. The Bertz CT molecular complexity index is 936. The standard InChI is InChI=1S/C20H16N2O4S/c21-12-14-6-1-3-8-16(14)27-17-9-4-2-7-15(17)20(25)26-13-19(24)22-11-5-10-18(22)23/h1-4,6-9H,5,10-11,13H2. The predicted molar refractivity (Wildman–Crippen MR) is 98.0 cm³/mol. The van der Waals surface area contributed by atoms with E-state index in [1.807, 2.05) is 6.07 Å². The molecule has 0 bridgehead atoms. The molecule has 7 heteroatoms. The number of carbonyl (C=O) groups is 3.